The number of rotatable bonds is 4. The minimum atomic E-state index is 0.516. The molecule has 1 heterocycles. The van der Waals surface area contributed by atoms with Gasteiger partial charge in [0.15, 0.2) is 11.6 Å². The molecule has 3 nitrogen and oxygen atoms in total. The normalized spacial score (nSPS) is 10.7. The molecule has 5 aromatic rings. The average Bonchev–Trinajstić information content (AvgIpc) is 2.85. The van der Waals surface area contributed by atoms with Gasteiger partial charge in [-0.15, -0.1) is 0 Å². The Balaban J connectivity index is 1.70. The first-order valence-corrected chi connectivity index (χ1v) is 10.8. The molecule has 0 aliphatic rings. The van der Waals surface area contributed by atoms with E-state index in [4.69, 9.17) is 4.98 Å². The number of halogens is 1. The highest BCUT2D eigenvalue weighted by Crippen LogP contribution is 2.32. The molecule has 31 heavy (non-hydrogen) atoms. The Hall–Kier alpha value is -3.63. The molecule has 148 valence electrons. The third kappa shape index (κ3) is 4.30. The maximum Gasteiger partial charge on any atom is 0.200 e. The molecule has 0 aliphatic heterocycles. The molecule has 4 aromatic carbocycles. The van der Waals surface area contributed by atoms with Crippen molar-refractivity contribution in [3.05, 3.63) is 114 Å². The van der Waals surface area contributed by atoms with Crippen LogP contribution in [-0.4, -0.2) is 15.0 Å². The van der Waals surface area contributed by atoms with Crippen LogP contribution in [0.25, 0.3) is 45.0 Å². The van der Waals surface area contributed by atoms with Gasteiger partial charge in [-0.05, 0) is 56.4 Å². The van der Waals surface area contributed by atoms with E-state index in [1.165, 1.54) is 0 Å². The Morgan fingerprint density at radius 1 is 0.387 bits per heavy atom. The second kappa shape index (κ2) is 8.62. The molecule has 0 spiro atoms. The van der Waals surface area contributed by atoms with Crippen molar-refractivity contribution in [3.63, 3.8) is 0 Å². The Labute approximate surface area is 189 Å². The van der Waals surface area contributed by atoms with Crippen LogP contribution in [0.3, 0.4) is 0 Å². The molecule has 0 N–H and O–H groups in total. The highest BCUT2D eigenvalue weighted by molar-refractivity contribution is 9.10. The molecule has 0 fully saturated rings. The second-order valence-corrected chi connectivity index (χ2v) is 7.86. The van der Waals surface area contributed by atoms with E-state index in [9.17, 15) is 0 Å². The lowest BCUT2D eigenvalue weighted by molar-refractivity contribution is 1.03. The zero-order chi connectivity index (χ0) is 21.0. The number of nitrogens with zero attached hydrogens (tertiary/aromatic N) is 3. The predicted molar refractivity (Wildman–Crippen MR) is 129 cm³/mol. The summed E-state index contributed by atoms with van der Waals surface area (Å²) in [6.07, 6.45) is 0. The van der Waals surface area contributed by atoms with Gasteiger partial charge >= 0.3 is 0 Å². The van der Waals surface area contributed by atoms with Gasteiger partial charge in [-0.1, -0.05) is 91.0 Å². The number of benzene rings is 4. The van der Waals surface area contributed by atoms with Crippen LogP contribution < -0.4 is 0 Å². The maximum atomic E-state index is 4.79. The fraction of sp³-hybridized carbons (Fsp3) is 0. The van der Waals surface area contributed by atoms with E-state index in [2.05, 4.69) is 92.6 Å². The summed E-state index contributed by atoms with van der Waals surface area (Å²) in [5, 5.41) is 0. The summed E-state index contributed by atoms with van der Waals surface area (Å²) in [5.74, 6) is 1.28. The first kappa shape index (κ1) is 19.3. The van der Waals surface area contributed by atoms with Gasteiger partial charge in [-0.3, -0.25) is 0 Å². The number of hydrogen-bond acceptors (Lipinski definition) is 3. The first-order valence-electron chi connectivity index (χ1n) is 9.99. The van der Waals surface area contributed by atoms with Crippen LogP contribution in [-0.2, 0) is 0 Å². The van der Waals surface area contributed by atoms with Crippen LogP contribution in [0.4, 0.5) is 0 Å². The van der Waals surface area contributed by atoms with Crippen molar-refractivity contribution in [2.75, 3.05) is 0 Å². The van der Waals surface area contributed by atoms with E-state index in [0.717, 1.165) is 33.4 Å². The van der Waals surface area contributed by atoms with E-state index in [1.807, 2.05) is 42.5 Å². The van der Waals surface area contributed by atoms with Gasteiger partial charge < -0.3 is 0 Å². The van der Waals surface area contributed by atoms with Crippen molar-refractivity contribution < 1.29 is 0 Å². The van der Waals surface area contributed by atoms with Gasteiger partial charge in [0.1, 0.15) is 0 Å². The zero-order valence-corrected chi connectivity index (χ0v) is 18.2. The van der Waals surface area contributed by atoms with Crippen LogP contribution >= 0.6 is 15.9 Å². The van der Waals surface area contributed by atoms with Crippen LogP contribution in [0.1, 0.15) is 0 Å². The summed E-state index contributed by atoms with van der Waals surface area (Å²) in [6.45, 7) is 0. The fourth-order valence-electron chi connectivity index (χ4n) is 3.55. The second-order valence-electron chi connectivity index (χ2n) is 7.15. The summed E-state index contributed by atoms with van der Waals surface area (Å²) in [7, 11) is 0. The maximum absolute atomic E-state index is 4.79. The van der Waals surface area contributed by atoms with Crippen molar-refractivity contribution in [1.82, 2.24) is 15.0 Å². The van der Waals surface area contributed by atoms with Crippen molar-refractivity contribution in [2.45, 2.75) is 0 Å². The van der Waals surface area contributed by atoms with Gasteiger partial charge in [0.05, 0.1) is 0 Å². The predicted octanol–water partition coefficient (Wildman–Crippen LogP) is 7.30. The minimum Gasteiger partial charge on any atom is -0.208 e. The Morgan fingerprint density at radius 3 is 1.26 bits per heavy atom. The number of aromatic nitrogens is 3. The SMILES string of the molecule is Brc1nc(-c2ccccc2)nc(-c2cc(-c3ccccc3)cc(-c3ccccc3)c2)n1. The molecule has 4 heteroatoms. The highest BCUT2D eigenvalue weighted by atomic mass is 79.9. The molecule has 1 aromatic heterocycles. The Bertz CT molecular complexity index is 1260. The Morgan fingerprint density at radius 2 is 0.774 bits per heavy atom. The van der Waals surface area contributed by atoms with Crippen molar-refractivity contribution in [2.24, 2.45) is 0 Å². The van der Waals surface area contributed by atoms with Gasteiger partial charge in [0, 0.05) is 11.1 Å². The summed E-state index contributed by atoms with van der Waals surface area (Å²) in [4.78, 5) is 13.9. The molecule has 0 atom stereocenters. The summed E-state index contributed by atoms with van der Waals surface area (Å²) >= 11 is 3.47. The molecule has 5 rings (SSSR count). The lowest BCUT2D eigenvalue weighted by Gasteiger charge is -2.11. The van der Waals surface area contributed by atoms with Crippen LogP contribution in [0.5, 0.6) is 0 Å². The molecule has 0 amide bonds. The largest absolute Gasteiger partial charge is 0.208 e. The number of hydrogen-bond donors (Lipinski definition) is 0. The topological polar surface area (TPSA) is 38.7 Å². The molecule has 0 saturated carbocycles. The van der Waals surface area contributed by atoms with Gasteiger partial charge in [0.25, 0.3) is 0 Å². The first-order chi connectivity index (χ1) is 15.3. The molecule has 0 unspecified atom stereocenters. The summed E-state index contributed by atoms with van der Waals surface area (Å²) in [6, 6.07) is 37.2. The molecule has 0 saturated heterocycles. The summed E-state index contributed by atoms with van der Waals surface area (Å²) < 4.78 is 0.516. The fourth-order valence-corrected chi connectivity index (χ4v) is 3.88. The van der Waals surface area contributed by atoms with E-state index in [0.29, 0.717) is 16.4 Å². The van der Waals surface area contributed by atoms with Gasteiger partial charge in [-0.2, -0.15) is 0 Å². The third-order valence-electron chi connectivity index (χ3n) is 5.05. The highest BCUT2D eigenvalue weighted by Gasteiger charge is 2.12. The molecular weight excluding hydrogens is 446 g/mol. The molecular formula is C27H18BrN3. The third-order valence-corrected chi connectivity index (χ3v) is 5.40. The monoisotopic (exact) mass is 463 g/mol. The zero-order valence-electron chi connectivity index (χ0n) is 16.6. The van der Waals surface area contributed by atoms with E-state index in [1.54, 1.807) is 0 Å². The quantitative estimate of drug-likeness (QED) is 0.280. The lowest BCUT2D eigenvalue weighted by atomic mass is 9.96. The minimum absolute atomic E-state index is 0.516. The van der Waals surface area contributed by atoms with E-state index < -0.39 is 0 Å². The smallest absolute Gasteiger partial charge is 0.200 e. The average molecular weight is 464 g/mol. The molecule has 0 radical (unpaired) electrons. The molecule has 0 bridgehead atoms. The standard InChI is InChI=1S/C27H18BrN3/c28-27-30-25(21-14-8-3-9-15-21)29-26(31-27)24-17-22(19-10-4-1-5-11-19)16-23(18-24)20-12-6-2-7-13-20/h1-18H. The van der Waals surface area contributed by atoms with Crippen LogP contribution in [0.2, 0.25) is 0 Å². The van der Waals surface area contributed by atoms with Gasteiger partial charge in [-0.25, -0.2) is 15.0 Å². The Kier molecular flexibility index (Phi) is 5.38. The molecule has 0 aliphatic carbocycles. The van der Waals surface area contributed by atoms with E-state index >= 15 is 0 Å². The summed E-state index contributed by atoms with van der Waals surface area (Å²) in [5.41, 5.74) is 6.44. The van der Waals surface area contributed by atoms with Crippen LogP contribution in [0.15, 0.2) is 114 Å². The van der Waals surface area contributed by atoms with E-state index in [-0.39, 0.29) is 0 Å². The van der Waals surface area contributed by atoms with Crippen molar-refractivity contribution >= 4 is 15.9 Å². The van der Waals surface area contributed by atoms with Crippen molar-refractivity contribution in [3.8, 4) is 45.0 Å². The lowest BCUT2D eigenvalue weighted by Crippen LogP contribution is -1.98. The van der Waals surface area contributed by atoms with Gasteiger partial charge in [0.2, 0.25) is 4.73 Å². The van der Waals surface area contributed by atoms with Crippen molar-refractivity contribution in [1.29, 1.82) is 0 Å². The van der Waals surface area contributed by atoms with Crippen LogP contribution in [0, 0.1) is 0 Å².